The maximum atomic E-state index is 11.3. The van der Waals surface area contributed by atoms with E-state index in [-0.39, 0.29) is 23.7 Å². The summed E-state index contributed by atoms with van der Waals surface area (Å²) in [5.74, 6) is 0.179. The summed E-state index contributed by atoms with van der Waals surface area (Å²) in [7, 11) is 0. The smallest absolute Gasteiger partial charge is 0.227 e. The molecule has 4 nitrogen and oxygen atoms in total. The van der Waals surface area contributed by atoms with Gasteiger partial charge in [0, 0.05) is 22.0 Å². The van der Waals surface area contributed by atoms with E-state index < -0.39 is 0 Å². The minimum atomic E-state index is -0.0266. The minimum absolute atomic E-state index is 0.0266. The van der Waals surface area contributed by atoms with Gasteiger partial charge in [-0.2, -0.15) is 0 Å². The summed E-state index contributed by atoms with van der Waals surface area (Å²) in [6.07, 6.45) is 0. The third-order valence-electron chi connectivity index (χ3n) is 4.88. The number of hydrogen-bond acceptors (Lipinski definition) is 2. The molecule has 0 saturated heterocycles. The van der Waals surface area contributed by atoms with E-state index in [1.807, 2.05) is 44.2 Å². The first kappa shape index (κ1) is 19.1. The van der Waals surface area contributed by atoms with Crippen LogP contribution in [-0.2, 0) is 22.7 Å². The van der Waals surface area contributed by atoms with Crippen molar-refractivity contribution < 1.29 is 9.59 Å². The van der Waals surface area contributed by atoms with Crippen LogP contribution in [0.15, 0.2) is 45.3 Å². The Kier molecular flexibility index (Phi) is 5.82. The lowest BCUT2D eigenvalue weighted by Crippen LogP contribution is -2.33. The predicted molar refractivity (Wildman–Crippen MR) is 109 cm³/mol. The second-order valence-electron chi connectivity index (χ2n) is 6.53. The fraction of sp³-hybridized carbons (Fsp3) is 0.300. The van der Waals surface area contributed by atoms with Gasteiger partial charge < -0.3 is 10.6 Å². The number of fused-ring (bicyclic) bond motifs is 2. The van der Waals surface area contributed by atoms with E-state index in [0.29, 0.717) is 13.1 Å². The molecular weight excluding hydrogens is 460 g/mol. The standard InChI is InChI=1S/2C10H10BrNO/c1-6-9-4-8(11)3-2-7(9)5-12-10(6)13;1-6-7-3-2-4-9(11)8(7)5-12-10(6)13/h2*2-4,6H,5H2,1H3,(H,12,13). The highest BCUT2D eigenvalue weighted by Gasteiger charge is 2.24. The van der Waals surface area contributed by atoms with Crippen molar-refractivity contribution in [1.29, 1.82) is 0 Å². The molecule has 2 unspecified atom stereocenters. The first-order chi connectivity index (χ1) is 12.4. The molecule has 0 aromatic heterocycles. The fourth-order valence-corrected chi connectivity index (χ4v) is 4.14. The van der Waals surface area contributed by atoms with Crippen molar-refractivity contribution in [1.82, 2.24) is 10.6 Å². The molecule has 2 aliphatic heterocycles. The van der Waals surface area contributed by atoms with E-state index in [1.54, 1.807) is 0 Å². The van der Waals surface area contributed by atoms with Gasteiger partial charge in [-0.25, -0.2) is 0 Å². The van der Waals surface area contributed by atoms with Crippen molar-refractivity contribution >= 4 is 43.7 Å². The lowest BCUT2D eigenvalue weighted by molar-refractivity contribution is -0.123. The van der Waals surface area contributed by atoms with Crippen LogP contribution in [0.5, 0.6) is 0 Å². The van der Waals surface area contributed by atoms with Crippen molar-refractivity contribution in [3.8, 4) is 0 Å². The Balaban J connectivity index is 0.000000151. The summed E-state index contributed by atoms with van der Waals surface area (Å²) in [4.78, 5) is 22.7. The van der Waals surface area contributed by atoms with Gasteiger partial charge in [-0.15, -0.1) is 0 Å². The van der Waals surface area contributed by atoms with Crippen molar-refractivity contribution in [2.75, 3.05) is 0 Å². The molecule has 2 amide bonds. The number of halogens is 2. The summed E-state index contributed by atoms with van der Waals surface area (Å²) in [5, 5.41) is 5.71. The van der Waals surface area contributed by atoms with Crippen LogP contribution in [0.3, 0.4) is 0 Å². The number of hydrogen-bond donors (Lipinski definition) is 2. The molecule has 0 bridgehead atoms. The summed E-state index contributed by atoms with van der Waals surface area (Å²) in [5.41, 5.74) is 4.70. The number of benzene rings is 2. The van der Waals surface area contributed by atoms with Crippen LogP contribution >= 0.6 is 31.9 Å². The molecule has 2 aromatic carbocycles. The minimum Gasteiger partial charge on any atom is -0.351 e. The second-order valence-corrected chi connectivity index (χ2v) is 8.30. The van der Waals surface area contributed by atoms with E-state index in [0.717, 1.165) is 20.1 Å². The molecule has 2 N–H and O–H groups in total. The van der Waals surface area contributed by atoms with E-state index in [1.165, 1.54) is 11.1 Å². The molecule has 6 heteroatoms. The SMILES string of the molecule is CC1C(=O)NCc2c(Br)cccc21.CC1C(=O)NCc2ccc(Br)cc21. The maximum Gasteiger partial charge on any atom is 0.227 e. The van der Waals surface area contributed by atoms with E-state index >= 15 is 0 Å². The topological polar surface area (TPSA) is 58.2 Å². The van der Waals surface area contributed by atoms with Crippen LogP contribution in [0.4, 0.5) is 0 Å². The van der Waals surface area contributed by atoms with Crippen molar-refractivity contribution in [2.45, 2.75) is 38.8 Å². The fourth-order valence-electron chi connectivity index (χ4n) is 3.24. The number of amides is 2. The van der Waals surface area contributed by atoms with Gasteiger partial charge >= 0.3 is 0 Å². The van der Waals surface area contributed by atoms with Gasteiger partial charge in [0.05, 0.1) is 11.8 Å². The van der Waals surface area contributed by atoms with E-state index in [9.17, 15) is 9.59 Å². The lowest BCUT2D eigenvalue weighted by Gasteiger charge is -2.23. The van der Waals surface area contributed by atoms with Gasteiger partial charge in [0.15, 0.2) is 0 Å². The average Bonchev–Trinajstić information content (AvgIpc) is 2.63. The highest BCUT2D eigenvalue weighted by molar-refractivity contribution is 9.10. The van der Waals surface area contributed by atoms with E-state index in [4.69, 9.17) is 0 Å². The zero-order valence-electron chi connectivity index (χ0n) is 14.6. The molecule has 0 aliphatic carbocycles. The molecule has 0 saturated carbocycles. The van der Waals surface area contributed by atoms with Crippen LogP contribution < -0.4 is 10.6 Å². The molecule has 2 aromatic rings. The van der Waals surface area contributed by atoms with Gasteiger partial charge in [-0.05, 0) is 54.3 Å². The number of rotatable bonds is 0. The molecule has 4 rings (SSSR count). The van der Waals surface area contributed by atoms with E-state index in [2.05, 4.69) is 48.6 Å². The normalized spacial score (nSPS) is 20.8. The molecule has 26 heavy (non-hydrogen) atoms. The Morgan fingerprint density at radius 1 is 0.885 bits per heavy atom. The van der Waals surface area contributed by atoms with Gasteiger partial charge in [-0.3, -0.25) is 9.59 Å². The maximum absolute atomic E-state index is 11.3. The van der Waals surface area contributed by atoms with Gasteiger partial charge in [0.25, 0.3) is 0 Å². The lowest BCUT2D eigenvalue weighted by atomic mass is 9.92. The third kappa shape index (κ3) is 3.86. The monoisotopic (exact) mass is 478 g/mol. The summed E-state index contributed by atoms with van der Waals surface area (Å²) >= 11 is 6.88. The van der Waals surface area contributed by atoms with Crippen LogP contribution in [0.2, 0.25) is 0 Å². The largest absolute Gasteiger partial charge is 0.351 e. The quantitative estimate of drug-likeness (QED) is 0.589. The first-order valence-electron chi connectivity index (χ1n) is 8.49. The number of carbonyl (C=O) groups excluding carboxylic acids is 2. The Bertz CT molecular complexity index is 855. The Morgan fingerprint density at radius 3 is 2.27 bits per heavy atom. The summed E-state index contributed by atoms with van der Waals surface area (Å²) in [6.45, 7) is 5.16. The van der Waals surface area contributed by atoms with Crippen molar-refractivity contribution in [2.24, 2.45) is 0 Å². The molecule has 2 aliphatic rings. The molecule has 0 radical (unpaired) electrons. The van der Waals surface area contributed by atoms with Crippen molar-refractivity contribution in [3.05, 3.63) is 67.6 Å². The zero-order chi connectivity index (χ0) is 18.8. The number of carbonyl (C=O) groups is 2. The average molecular weight is 480 g/mol. The van der Waals surface area contributed by atoms with Crippen molar-refractivity contribution in [3.63, 3.8) is 0 Å². The van der Waals surface area contributed by atoms with Crippen LogP contribution in [0.1, 0.15) is 47.9 Å². The molecule has 0 fully saturated rings. The Morgan fingerprint density at radius 2 is 1.54 bits per heavy atom. The number of nitrogens with one attached hydrogen (secondary N) is 2. The zero-order valence-corrected chi connectivity index (χ0v) is 17.8. The third-order valence-corrected chi connectivity index (χ3v) is 6.11. The second kappa shape index (κ2) is 7.92. The highest BCUT2D eigenvalue weighted by atomic mass is 79.9. The Hall–Kier alpha value is -1.66. The van der Waals surface area contributed by atoms with Crippen LogP contribution in [0, 0.1) is 0 Å². The van der Waals surface area contributed by atoms with Crippen LogP contribution in [-0.4, -0.2) is 11.8 Å². The predicted octanol–water partition coefficient (Wildman–Crippen LogP) is 4.36. The molecular formula is C20H20Br2N2O2. The summed E-state index contributed by atoms with van der Waals surface area (Å²) < 4.78 is 2.12. The van der Waals surface area contributed by atoms with Crippen LogP contribution in [0.25, 0.3) is 0 Å². The molecule has 0 spiro atoms. The van der Waals surface area contributed by atoms with Gasteiger partial charge in [0.1, 0.15) is 0 Å². The Labute approximate surface area is 170 Å². The summed E-state index contributed by atoms with van der Waals surface area (Å²) in [6, 6.07) is 12.1. The molecule has 2 atom stereocenters. The van der Waals surface area contributed by atoms with Gasteiger partial charge in [-0.1, -0.05) is 50.1 Å². The molecule has 136 valence electrons. The highest BCUT2D eigenvalue weighted by Crippen LogP contribution is 2.29. The van der Waals surface area contributed by atoms with Gasteiger partial charge in [0.2, 0.25) is 11.8 Å². The first-order valence-corrected chi connectivity index (χ1v) is 10.1. The molecule has 2 heterocycles.